The van der Waals surface area contributed by atoms with Crippen molar-refractivity contribution >= 4 is 21.7 Å². The van der Waals surface area contributed by atoms with Crippen LogP contribution in [0.25, 0.3) is 11.3 Å². The fourth-order valence-corrected chi connectivity index (χ4v) is 2.81. The van der Waals surface area contributed by atoms with Gasteiger partial charge < -0.3 is 10.3 Å². The van der Waals surface area contributed by atoms with Crippen LogP contribution in [0.5, 0.6) is 0 Å². The lowest BCUT2D eigenvalue weighted by molar-refractivity contribution is 0.512. The summed E-state index contributed by atoms with van der Waals surface area (Å²) >= 11 is 3.45. The quantitative estimate of drug-likeness (QED) is 0.924. The third-order valence-corrected chi connectivity index (χ3v) is 3.94. The number of anilines is 1. The predicted octanol–water partition coefficient (Wildman–Crippen LogP) is 3.82. The summed E-state index contributed by atoms with van der Waals surface area (Å²) in [6.07, 6.45) is 6.04. The highest BCUT2D eigenvalue weighted by atomic mass is 79.9. The van der Waals surface area contributed by atoms with Crippen LogP contribution in [-0.2, 0) is 6.54 Å². The molecule has 1 aliphatic rings. The van der Waals surface area contributed by atoms with Crippen molar-refractivity contribution in [2.45, 2.75) is 39.2 Å². The van der Waals surface area contributed by atoms with E-state index in [2.05, 4.69) is 39.3 Å². The standard InChI is InChI=1S/C15H19BrN4/c1-9(2)8-20-14(17)13(19-15(20)10-3-4-10)11-5-12(16)7-18-6-11/h5-7,9-10H,3-4,8,17H2,1-2H3. The lowest BCUT2D eigenvalue weighted by atomic mass is 10.2. The first-order valence-corrected chi connectivity index (χ1v) is 7.82. The summed E-state index contributed by atoms with van der Waals surface area (Å²) in [5.41, 5.74) is 8.19. The SMILES string of the molecule is CC(C)Cn1c(C2CC2)nc(-c2cncc(Br)c2)c1N. The number of aromatic nitrogens is 3. The second-order valence-corrected chi connectivity index (χ2v) is 6.79. The Morgan fingerprint density at radius 1 is 1.40 bits per heavy atom. The van der Waals surface area contributed by atoms with E-state index in [0.29, 0.717) is 11.8 Å². The molecule has 5 heteroatoms. The third-order valence-electron chi connectivity index (χ3n) is 3.50. The van der Waals surface area contributed by atoms with Crippen molar-refractivity contribution in [3.63, 3.8) is 0 Å². The van der Waals surface area contributed by atoms with Gasteiger partial charge in [-0.25, -0.2) is 4.98 Å². The Morgan fingerprint density at radius 2 is 2.15 bits per heavy atom. The number of nitrogens with zero attached hydrogens (tertiary/aromatic N) is 3. The summed E-state index contributed by atoms with van der Waals surface area (Å²) in [6.45, 7) is 5.33. The van der Waals surface area contributed by atoms with E-state index in [1.165, 1.54) is 12.8 Å². The molecule has 20 heavy (non-hydrogen) atoms. The van der Waals surface area contributed by atoms with Crippen LogP contribution >= 0.6 is 15.9 Å². The normalized spacial score (nSPS) is 15.0. The molecule has 0 aliphatic heterocycles. The molecule has 2 N–H and O–H groups in total. The molecule has 0 saturated heterocycles. The third kappa shape index (κ3) is 2.59. The van der Waals surface area contributed by atoms with Gasteiger partial charge in [0.05, 0.1) is 0 Å². The Hall–Kier alpha value is -1.36. The number of nitrogen functional groups attached to an aromatic ring is 1. The smallest absolute Gasteiger partial charge is 0.131 e. The van der Waals surface area contributed by atoms with Crippen molar-refractivity contribution < 1.29 is 0 Å². The zero-order valence-corrected chi connectivity index (χ0v) is 13.4. The average Bonchev–Trinajstić information content (AvgIpc) is 3.17. The number of nitrogens with two attached hydrogens (primary N) is 1. The summed E-state index contributed by atoms with van der Waals surface area (Å²) in [4.78, 5) is 9.02. The van der Waals surface area contributed by atoms with Gasteiger partial charge in [-0.15, -0.1) is 0 Å². The van der Waals surface area contributed by atoms with Crippen molar-refractivity contribution in [3.05, 3.63) is 28.8 Å². The Balaban J connectivity index is 2.07. The molecule has 4 nitrogen and oxygen atoms in total. The van der Waals surface area contributed by atoms with E-state index in [9.17, 15) is 0 Å². The molecule has 1 saturated carbocycles. The van der Waals surface area contributed by atoms with Gasteiger partial charge in [-0.2, -0.15) is 0 Å². The molecule has 0 spiro atoms. The zero-order valence-electron chi connectivity index (χ0n) is 11.8. The summed E-state index contributed by atoms with van der Waals surface area (Å²) in [5.74, 6) is 3.05. The van der Waals surface area contributed by atoms with E-state index in [0.717, 1.165) is 33.9 Å². The Kier molecular flexibility index (Phi) is 3.54. The molecule has 0 amide bonds. The van der Waals surface area contributed by atoms with Crippen LogP contribution in [0.1, 0.15) is 38.4 Å². The monoisotopic (exact) mass is 334 g/mol. The van der Waals surface area contributed by atoms with Crippen LogP contribution in [0.15, 0.2) is 22.9 Å². The number of halogens is 1. The Bertz CT molecular complexity index is 629. The molecule has 2 heterocycles. The van der Waals surface area contributed by atoms with Gasteiger partial charge in [0.15, 0.2) is 0 Å². The van der Waals surface area contributed by atoms with Gasteiger partial charge in [0, 0.05) is 34.9 Å². The van der Waals surface area contributed by atoms with Gasteiger partial charge in [-0.3, -0.25) is 4.98 Å². The molecule has 2 aromatic rings. The van der Waals surface area contributed by atoms with Gasteiger partial charge in [0.1, 0.15) is 17.3 Å². The molecule has 0 bridgehead atoms. The first kappa shape index (κ1) is 13.6. The maximum absolute atomic E-state index is 6.36. The molecule has 106 valence electrons. The molecule has 0 atom stereocenters. The predicted molar refractivity (Wildman–Crippen MR) is 84.4 cm³/mol. The average molecular weight is 335 g/mol. The molecule has 2 aromatic heterocycles. The molecule has 1 aliphatic carbocycles. The highest BCUT2D eigenvalue weighted by molar-refractivity contribution is 9.10. The van der Waals surface area contributed by atoms with Crippen LogP contribution in [0.2, 0.25) is 0 Å². The van der Waals surface area contributed by atoms with E-state index >= 15 is 0 Å². The van der Waals surface area contributed by atoms with Gasteiger partial charge in [-0.1, -0.05) is 13.8 Å². The minimum Gasteiger partial charge on any atom is -0.383 e. The molecule has 3 rings (SSSR count). The largest absolute Gasteiger partial charge is 0.383 e. The number of hydrogen-bond donors (Lipinski definition) is 1. The first-order chi connectivity index (χ1) is 9.56. The van der Waals surface area contributed by atoms with E-state index < -0.39 is 0 Å². The van der Waals surface area contributed by atoms with Crippen molar-refractivity contribution in [3.8, 4) is 11.3 Å². The van der Waals surface area contributed by atoms with Crippen LogP contribution in [0.4, 0.5) is 5.82 Å². The highest BCUT2D eigenvalue weighted by Crippen LogP contribution is 2.42. The number of rotatable bonds is 4. The van der Waals surface area contributed by atoms with Gasteiger partial charge in [0.2, 0.25) is 0 Å². The maximum atomic E-state index is 6.36. The number of imidazole rings is 1. The highest BCUT2D eigenvalue weighted by Gasteiger charge is 2.31. The van der Waals surface area contributed by atoms with Crippen molar-refractivity contribution in [1.29, 1.82) is 0 Å². The summed E-state index contributed by atoms with van der Waals surface area (Å²) in [6, 6.07) is 2.02. The van der Waals surface area contributed by atoms with Gasteiger partial charge >= 0.3 is 0 Å². The first-order valence-electron chi connectivity index (χ1n) is 7.03. The van der Waals surface area contributed by atoms with Crippen LogP contribution in [0.3, 0.4) is 0 Å². The lowest BCUT2D eigenvalue weighted by Crippen LogP contribution is -2.10. The van der Waals surface area contributed by atoms with Crippen molar-refractivity contribution in [2.24, 2.45) is 5.92 Å². The summed E-state index contributed by atoms with van der Waals surface area (Å²) in [5, 5.41) is 0. The zero-order chi connectivity index (χ0) is 14.3. The van der Waals surface area contributed by atoms with E-state index in [1.807, 2.05) is 12.3 Å². The van der Waals surface area contributed by atoms with E-state index in [4.69, 9.17) is 10.7 Å². The van der Waals surface area contributed by atoms with E-state index in [-0.39, 0.29) is 0 Å². The van der Waals surface area contributed by atoms with Crippen molar-refractivity contribution in [2.75, 3.05) is 5.73 Å². The molecule has 0 radical (unpaired) electrons. The van der Waals surface area contributed by atoms with Crippen molar-refractivity contribution in [1.82, 2.24) is 14.5 Å². The minimum absolute atomic E-state index is 0.553. The number of hydrogen-bond acceptors (Lipinski definition) is 3. The fourth-order valence-electron chi connectivity index (χ4n) is 2.45. The second kappa shape index (κ2) is 5.20. The van der Waals surface area contributed by atoms with Crippen LogP contribution in [-0.4, -0.2) is 14.5 Å². The molecule has 0 unspecified atom stereocenters. The van der Waals surface area contributed by atoms with Gasteiger partial charge in [0.25, 0.3) is 0 Å². The van der Waals surface area contributed by atoms with E-state index in [1.54, 1.807) is 6.20 Å². The summed E-state index contributed by atoms with van der Waals surface area (Å²) in [7, 11) is 0. The maximum Gasteiger partial charge on any atom is 0.131 e. The second-order valence-electron chi connectivity index (χ2n) is 5.87. The number of pyridine rings is 1. The molecule has 1 fully saturated rings. The fraction of sp³-hybridized carbons (Fsp3) is 0.467. The molecular formula is C15H19BrN4. The Labute approximate surface area is 127 Å². The summed E-state index contributed by atoms with van der Waals surface area (Å²) < 4.78 is 3.14. The van der Waals surface area contributed by atoms with Crippen LogP contribution in [0, 0.1) is 5.92 Å². The topological polar surface area (TPSA) is 56.7 Å². The molecular weight excluding hydrogens is 316 g/mol. The Morgan fingerprint density at radius 3 is 2.75 bits per heavy atom. The van der Waals surface area contributed by atoms with Gasteiger partial charge in [-0.05, 0) is 40.8 Å². The lowest BCUT2D eigenvalue weighted by Gasteiger charge is -2.11. The molecule has 0 aromatic carbocycles. The minimum atomic E-state index is 0.553. The van der Waals surface area contributed by atoms with Crippen LogP contribution < -0.4 is 5.73 Å².